The van der Waals surface area contributed by atoms with E-state index in [-0.39, 0.29) is 24.4 Å². The summed E-state index contributed by atoms with van der Waals surface area (Å²) in [7, 11) is 3.21. The molecule has 1 heterocycles. The lowest BCUT2D eigenvalue weighted by Crippen LogP contribution is -2.46. The van der Waals surface area contributed by atoms with E-state index in [0.29, 0.717) is 41.6 Å². The van der Waals surface area contributed by atoms with Gasteiger partial charge in [0.25, 0.3) is 5.91 Å². The number of rotatable bonds is 11. The van der Waals surface area contributed by atoms with Crippen LogP contribution in [0, 0.1) is 6.92 Å². The van der Waals surface area contributed by atoms with Crippen LogP contribution in [0.3, 0.4) is 0 Å². The molecule has 3 rings (SSSR count). The highest BCUT2D eigenvalue weighted by Crippen LogP contribution is 2.28. The molecule has 1 aromatic heterocycles. The second kappa shape index (κ2) is 12.8. The molecule has 0 spiro atoms. The summed E-state index contributed by atoms with van der Waals surface area (Å²) in [6.07, 6.45) is 0.642. The third-order valence-corrected chi connectivity index (χ3v) is 7.13. The highest BCUT2D eigenvalue weighted by molar-refractivity contribution is 7.11. The summed E-state index contributed by atoms with van der Waals surface area (Å²) in [5.41, 5.74) is 1.54. The fourth-order valence-corrected chi connectivity index (χ4v) is 4.88. The maximum Gasteiger partial charge on any atom is 0.254 e. The average Bonchev–Trinajstić information content (AvgIpc) is 3.28. The molecule has 0 radical (unpaired) electrons. The van der Waals surface area contributed by atoms with Crippen molar-refractivity contribution in [2.24, 2.45) is 0 Å². The predicted molar refractivity (Wildman–Crippen MR) is 145 cm³/mol. The van der Waals surface area contributed by atoms with Crippen molar-refractivity contribution in [2.75, 3.05) is 27.3 Å². The smallest absolute Gasteiger partial charge is 0.254 e. The molecule has 2 amide bonds. The number of methoxy groups -OCH3 is 2. The number of benzene rings is 2. The molecular weight excluding hydrogens is 496 g/mol. The minimum absolute atomic E-state index is 0.00455. The van der Waals surface area contributed by atoms with E-state index in [1.165, 1.54) is 4.88 Å². The molecule has 2 aromatic carbocycles. The lowest BCUT2D eigenvalue weighted by atomic mass is 10.1. The Bertz CT molecular complexity index is 1180. The third-order valence-electron chi connectivity index (χ3n) is 5.89. The number of carbonyl (C=O) groups excluding carboxylic acids is 2. The fraction of sp³-hybridized carbons (Fsp3) is 0.357. The first-order chi connectivity index (χ1) is 17.2. The maximum atomic E-state index is 13.6. The molecule has 0 N–H and O–H groups in total. The summed E-state index contributed by atoms with van der Waals surface area (Å²) in [4.78, 5) is 32.5. The number of carbonyl (C=O) groups is 2. The highest BCUT2D eigenvalue weighted by atomic mass is 35.5. The molecule has 0 fully saturated rings. The summed E-state index contributed by atoms with van der Waals surface area (Å²) in [5, 5.41) is 0.561. The van der Waals surface area contributed by atoms with Crippen molar-refractivity contribution in [3.05, 3.63) is 80.5 Å². The van der Waals surface area contributed by atoms with Gasteiger partial charge < -0.3 is 19.3 Å². The molecule has 0 aliphatic rings. The van der Waals surface area contributed by atoms with Gasteiger partial charge in [-0.25, -0.2) is 0 Å². The lowest BCUT2D eigenvalue weighted by molar-refractivity contribution is -0.132. The largest absolute Gasteiger partial charge is 0.493 e. The van der Waals surface area contributed by atoms with Crippen LogP contribution in [0.4, 0.5) is 0 Å². The average molecular weight is 529 g/mol. The molecule has 3 aromatic rings. The summed E-state index contributed by atoms with van der Waals surface area (Å²) in [6.45, 7) is 6.87. The van der Waals surface area contributed by atoms with E-state index in [4.69, 9.17) is 21.1 Å². The number of hydrogen-bond acceptors (Lipinski definition) is 5. The zero-order valence-corrected chi connectivity index (χ0v) is 23.0. The van der Waals surface area contributed by atoms with Crippen molar-refractivity contribution in [3.63, 3.8) is 0 Å². The molecule has 192 valence electrons. The van der Waals surface area contributed by atoms with Gasteiger partial charge in [-0.2, -0.15) is 0 Å². The van der Waals surface area contributed by atoms with E-state index in [1.54, 1.807) is 54.7 Å². The molecule has 0 saturated heterocycles. The van der Waals surface area contributed by atoms with Crippen molar-refractivity contribution < 1.29 is 19.1 Å². The zero-order chi connectivity index (χ0) is 26.2. The molecule has 36 heavy (non-hydrogen) atoms. The van der Waals surface area contributed by atoms with Gasteiger partial charge >= 0.3 is 0 Å². The van der Waals surface area contributed by atoms with E-state index < -0.39 is 0 Å². The first kappa shape index (κ1) is 27.6. The second-order valence-electron chi connectivity index (χ2n) is 8.80. The van der Waals surface area contributed by atoms with Gasteiger partial charge in [0.2, 0.25) is 5.91 Å². The standard InChI is InChI=1S/C28H33ClN2O4S/c1-19(2)31(28(33)22-8-10-23(29)11-9-22)18-27(32)30(17-24-12-6-20(3)36-24)15-14-21-7-13-25(34-4)26(16-21)35-5/h6-13,16,19H,14-15,17-18H2,1-5H3. The molecular formula is C28H33ClN2O4S. The maximum absolute atomic E-state index is 13.6. The van der Waals surface area contributed by atoms with Gasteiger partial charge in [-0.15, -0.1) is 11.3 Å². The van der Waals surface area contributed by atoms with Crippen molar-refractivity contribution in [2.45, 2.75) is 39.8 Å². The normalized spacial score (nSPS) is 10.9. The molecule has 0 unspecified atom stereocenters. The second-order valence-corrected chi connectivity index (χ2v) is 10.6. The first-order valence-corrected chi connectivity index (χ1v) is 13.0. The summed E-state index contributed by atoms with van der Waals surface area (Å²) < 4.78 is 10.8. The Balaban J connectivity index is 1.79. The topological polar surface area (TPSA) is 59.1 Å². The quantitative estimate of drug-likeness (QED) is 0.313. The number of thiophene rings is 1. The highest BCUT2D eigenvalue weighted by Gasteiger charge is 2.25. The zero-order valence-electron chi connectivity index (χ0n) is 21.4. The van der Waals surface area contributed by atoms with Crippen LogP contribution in [0.15, 0.2) is 54.6 Å². The number of hydrogen-bond donors (Lipinski definition) is 0. The van der Waals surface area contributed by atoms with Gasteiger partial charge in [-0.3, -0.25) is 9.59 Å². The van der Waals surface area contributed by atoms with Gasteiger partial charge in [-0.05, 0) is 81.3 Å². The van der Waals surface area contributed by atoms with E-state index in [1.807, 2.05) is 36.9 Å². The number of nitrogens with zero attached hydrogens (tertiary/aromatic N) is 2. The van der Waals surface area contributed by atoms with Crippen LogP contribution in [-0.2, 0) is 17.8 Å². The van der Waals surface area contributed by atoms with Crippen LogP contribution in [0.1, 0.15) is 39.5 Å². The van der Waals surface area contributed by atoms with Crippen LogP contribution in [0.25, 0.3) is 0 Å². The van der Waals surface area contributed by atoms with Crippen LogP contribution in [-0.4, -0.2) is 55.0 Å². The Hall–Kier alpha value is -3.03. The molecule has 0 aliphatic carbocycles. The lowest BCUT2D eigenvalue weighted by Gasteiger charge is -2.30. The molecule has 0 bridgehead atoms. The van der Waals surface area contributed by atoms with Crippen LogP contribution in [0.2, 0.25) is 5.02 Å². The SMILES string of the molecule is COc1ccc(CCN(Cc2ccc(C)s2)C(=O)CN(C(=O)c2ccc(Cl)cc2)C(C)C)cc1OC. The minimum Gasteiger partial charge on any atom is -0.493 e. The van der Waals surface area contributed by atoms with E-state index >= 15 is 0 Å². The van der Waals surface area contributed by atoms with Crippen molar-refractivity contribution >= 4 is 34.8 Å². The van der Waals surface area contributed by atoms with Crippen LogP contribution < -0.4 is 9.47 Å². The molecule has 0 atom stereocenters. The van der Waals surface area contributed by atoms with Crippen LogP contribution >= 0.6 is 22.9 Å². The van der Waals surface area contributed by atoms with Gasteiger partial charge in [-0.1, -0.05) is 17.7 Å². The number of halogens is 1. The summed E-state index contributed by atoms with van der Waals surface area (Å²) in [5.74, 6) is 1.03. The Morgan fingerprint density at radius 2 is 1.67 bits per heavy atom. The fourth-order valence-electron chi connectivity index (χ4n) is 3.84. The molecule has 6 nitrogen and oxygen atoms in total. The number of ether oxygens (including phenoxy) is 2. The van der Waals surface area contributed by atoms with Gasteiger partial charge in [0.15, 0.2) is 11.5 Å². The summed E-state index contributed by atoms with van der Waals surface area (Å²) in [6, 6.07) is 16.5. The van der Waals surface area contributed by atoms with Crippen LogP contribution in [0.5, 0.6) is 11.5 Å². The van der Waals surface area contributed by atoms with E-state index in [2.05, 4.69) is 19.1 Å². The van der Waals surface area contributed by atoms with Gasteiger partial charge in [0.05, 0.1) is 20.8 Å². The van der Waals surface area contributed by atoms with E-state index in [0.717, 1.165) is 10.4 Å². The predicted octanol–water partition coefficient (Wildman–Crippen LogP) is 5.85. The first-order valence-electron chi connectivity index (χ1n) is 11.8. The number of amides is 2. The Kier molecular flexibility index (Phi) is 9.79. The van der Waals surface area contributed by atoms with Crippen molar-refractivity contribution in [3.8, 4) is 11.5 Å². The molecule has 0 saturated carbocycles. The van der Waals surface area contributed by atoms with Gasteiger partial charge in [0, 0.05) is 32.9 Å². The molecule has 0 aliphatic heterocycles. The van der Waals surface area contributed by atoms with E-state index in [9.17, 15) is 9.59 Å². The molecule has 8 heteroatoms. The third kappa shape index (κ3) is 7.24. The minimum atomic E-state index is -0.193. The van der Waals surface area contributed by atoms with Crippen molar-refractivity contribution in [1.29, 1.82) is 0 Å². The Labute approximate surface area is 222 Å². The Morgan fingerprint density at radius 1 is 0.972 bits per heavy atom. The number of aryl methyl sites for hydroxylation is 1. The van der Waals surface area contributed by atoms with Gasteiger partial charge in [0.1, 0.15) is 6.54 Å². The monoisotopic (exact) mass is 528 g/mol. The van der Waals surface area contributed by atoms with Crippen molar-refractivity contribution in [1.82, 2.24) is 9.80 Å². The Morgan fingerprint density at radius 3 is 2.25 bits per heavy atom. The summed E-state index contributed by atoms with van der Waals surface area (Å²) >= 11 is 7.66.